The van der Waals surface area contributed by atoms with Crippen molar-refractivity contribution in [1.82, 2.24) is 0 Å². The molecule has 1 N–H and O–H groups in total. The Hall–Kier alpha value is -2.57. The van der Waals surface area contributed by atoms with E-state index in [1.54, 1.807) is 30.3 Å². The van der Waals surface area contributed by atoms with E-state index in [4.69, 9.17) is 11.6 Å². The van der Waals surface area contributed by atoms with Crippen molar-refractivity contribution >= 4 is 28.6 Å². The van der Waals surface area contributed by atoms with Gasteiger partial charge in [-0.2, -0.15) is 5.26 Å². The van der Waals surface area contributed by atoms with Crippen molar-refractivity contribution in [2.24, 2.45) is 0 Å². The van der Waals surface area contributed by atoms with Crippen LogP contribution in [-0.2, 0) is 0 Å². The molecule has 1 aliphatic rings. The van der Waals surface area contributed by atoms with E-state index in [1.807, 2.05) is 25.1 Å². The molecule has 0 amide bonds. The first-order chi connectivity index (χ1) is 10.6. The second-order valence-corrected chi connectivity index (χ2v) is 5.65. The van der Waals surface area contributed by atoms with E-state index >= 15 is 0 Å². The van der Waals surface area contributed by atoms with Gasteiger partial charge in [-0.1, -0.05) is 23.7 Å². The van der Waals surface area contributed by atoms with Crippen molar-refractivity contribution < 1.29 is 4.79 Å². The fourth-order valence-corrected chi connectivity index (χ4v) is 2.63. The van der Waals surface area contributed by atoms with E-state index in [0.717, 1.165) is 16.8 Å². The molecule has 1 unspecified atom stereocenters. The summed E-state index contributed by atoms with van der Waals surface area (Å²) in [5.41, 5.74) is 3.80. The zero-order valence-corrected chi connectivity index (χ0v) is 12.7. The van der Waals surface area contributed by atoms with Gasteiger partial charge in [-0.15, -0.1) is 0 Å². The fourth-order valence-electron chi connectivity index (χ4n) is 2.50. The molecule has 2 aromatic carbocycles. The minimum Gasteiger partial charge on any atom is -0.366 e. The third-order valence-corrected chi connectivity index (χ3v) is 3.85. The van der Waals surface area contributed by atoms with Crippen molar-refractivity contribution in [2.45, 2.75) is 13.0 Å². The van der Waals surface area contributed by atoms with E-state index in [-0.39, 0.29) is 5.78 Å². The maximum absolute atomic E-state index is 12.8. The lowest BCUT2D eigenvalue weighted by Crippen LogP contribution is -2.22. The molecule has 1 heterocycles. The lowest BCUT2D eigenvalue weighted by Gasteiger charge is -2.22. The van der Waals surface area contributed by atoms with Crippen LogP contribution in [0.25, 0.3) is 5.57 Å². The largest absolute Gasteiger partial charge is 0.366 e. The Morgan fingerprint density at radius 1 is 1.23 bits per heavy atom. The summed E-state index contributed by atoms with van der Waals surface area (Å²) in [6, 6.07) is 14.2. The third-order valence-electron chi connectivity index (χ3n) is 3.60. The number of rotatable bonds is 2. The number of nitrogens with one attached hydrogen (secondary N) is 1. The number of nitriles is 1. The van der Waals surface area contributed by atoms with Crippen LogP contribution in [0.15, 0.2) is 48.5 Å². The Labute approximate surface area is 133 Å². The number of anilines is 1. The molecule has 1 aliphatic heterocycles. The maximum atomic E-state index is 12.8. The number of carbonyl (C=O) groups is 1. The highest BCUT2D eigenvalue weighted by molar-refractivity contribution is 6.32. The number of hydrogen-bond acceptors (Lipinski definition) is 3. The summed E-state index contributed by atoms with van der Waals surface area (Å²) in [7, 11) is 0. The lowest BCUT2D eigenvalue weighted by molar-refractivity contribution is 0.105. The van der Waals surface area contributed by atoms with Gasteiger partial charge in [0, 0.05) is 27.4 Å². The molecular weight excluding hydrogens is 296 g/mol. The molecule has 0 saturated carbocycles. The zero-order chi connectivity index (χ0) is 15.7. The summed E-state index contributed by atoms with van der Waals surface area (Å²) in [5, 5.41) is 12.9. The summed E-state index contributed by atoms with van der Waals surface area (Å²) in [4.78, 5) is 12.8. The Morgan fingerprint density at radius 2 is 1.95 bits per heavy atom. The maximum Gasteiger partial charge on any atom is 0.193 e. The summed E-state index contributed by atoms with van der Waals surface area (Å²) < 4.78 is 0. The molecule has 0 aliphatic carbocycles. The number of ketones is 1. The van der Waals surface area contributed by atoms with Crippen LogP contribution in [0.3, 0.4) is 0 Å². The highest BCUT2D eigenvalue weighted by Crippen LogP contribution is 2.32. The molecular formula is C18H13ClN2O. The van der Waals surface area contributed by atoms with Crippen molar-refractivity contribution in [3.8, 4) is 6.07 Å². The number of carbonyl (C=O) groups excluding carboxylic acids is 1. The van der Waals surface area contributed by atoms with Crippen LogP contribution in [0.1, 0.15) is 21.5 Å². The molecule has 4 heteroatoms. The van der Waals surface area contributed by atoms with E-state index in [1.165, 1.54) is 0 Å². The quantitative estimate of drug-likeness (QED) is 0.845. The SMILES string of the molecule is Cc1ccc2c(c1)NC(C#N)C=C2C(=O)c1ccc(Cl)cc1. The fraction of sp³-hybridized carbons (Fsp3) is 0.111. The highest BCUT2D eigenvalue weighted by atomic mass is 35.5. The standard InChI is InChI=1S/C18H13ClN2O/c1-11-2-7-15-16(9-14(10-20)21-17(15)8-11)18(22)12-3-5-13(19)6-4-12/h2-9,14,21H,1H3. The second kappa shape index (κ2) is 5.67. The number of benzene rings is 2. The number of fused-ring (bicyclic) bond motifs is 1. The number of hydrogen-bond donors (Lipinski definition) is 1. The van der Waals surface area contributed by atoms with Gasteiger partial charge in [-0.25, -0.2) is 0 Å². The van der Waals surface area contributed by atoms with Crippen LogP contribution >= 0.6 is 11.6 Å². The van der Waals surface area contributed by atoms with Gasteiger partial charge >= 0.3 is 0 Å². The van der Waals surface area contributed by atoms with Crippen molar-refractivity contribution in [2.75, 3.05) is 5.32 Å². The third kappa shape index (κ3) is 2.61. The van der Waals surface area contributed by atoms with E-state index < -0.39 is 6.04 Å². The first-order valence-corrected chi connectivity index (χ1v) is 7.25. The average molecular weight is 309 g/mol. The normalized spacial score (nSPS) is 16.0. The molecule has 0 aromatic heterocycles. The Bertz CT molecular complexity index is 816. The van der Waals surface area contributed by atoms with Gasteiger partial charge in [-0.05, 0) is 48.9 Å². The molecule has 108 valence electrons. The van der Waals surface area contributed by atoms with E-state index in [2.05, 4.69) is 11.4 Å². The molecule has 0 spiro atoms. The van der Waals surface area contributed by atoms with Gasteiger partial charge in [0.2, 0.25) is 0 Å². The number of Topliss-reactive ketones (excluding diaryl/α,β-unsaturated/α-hetero) is 1. The molecule has 0 bridgehead atoms. The molecule has 3 rings (SSSR count). The van der Waals surface area contributed by atoms with Crippen LogP contribution in [0.5, 0.6) is 0 Å². The first kappa shape index (κ1) is 14.4. The Kier molecular flexibility index (Phi) is 3.70. The van der Waals surface area contributed by atoms with E-state index in [0.29, 0.717) is 16.2 Å². The van der Waals surface area contributed by atoms with Gasteiger partial charge in [-0.3, -0.25) is 4.79 Å². The molecule has 2 aromatic rings. The minimum atomic E-state index is -0.513. The van der Waals surface area contributed by atoms with Crippen LogP contribution in [0.4, 0.5) is 5.69 Å². The summed E-state index contributed by atoms with van der Waals surface area (Å²) in [5.74, 6) is -0.108. The molecule has 0 saturated heterocycles. The molecule has 1 atom stereocenters. The van der Waals surface area contributed by atoms with Crippen LogP contribution in [-0.4, -0.2) is 11.8 Å². The first-order valence-electron chi connectivity index (χ1n) is 6.88. The second-order valence-electron chi connectivity index (χ2n) is 5.22. The van der Waals surface area contributed by atoms with Crippen molar-refractivity contribution in [3.05, 3.63) is 70.3 Å². The topological polar surface area (TPSA) is 52.9 Å². The van der Waals surface area contributed by atoms with Gasteiger partial charge in [0.1, 0.15) is 6.04 Å². The predicted molar refractivity (Wildman–Crippen MR) is 88.0 cm³/mol. The van der Waals surface area contributed by atoms with Crippen LogP contribution in [0, 0.1) is 18.3 Å². The Balaban J connectivity index is 2.08. The number of nitrogens with zero attached hydrogens (tertiary/aromatic N) is 1. The van der Waals surface area contributed by atoms with Gasteiger partial charge < -0.3 is 5.32 Å². The summed E-state index contributed by atoms with van der Waals surface area (Å²) in [6.45, 7) is 1.97. The van der Waals surface area contributed by atoms with Gasteiger partial charge in [0.05, 0.1) is 6.07 Å². The molecule has 0 radical (unpaired) electrons. The highest BCUT2D eigenvalue weighted by Gasteiger charge is 2.24. The van der Waals surface area contributed by atoms with Crippen molar-refractivity contribution in [1.29, 1.82) is 5.26 Å². The summed E-state index contributed by atoms with van der Waals surface area (Å²) >= 11 is 5.87. The van der Waals surface area contributed by atoms with Crippen LogP contribution < -0.4 is 5.32 Å². The minimum absolute atomic E-state index is 0.108. The molecule has 0 fully saturated rings. The molecule has 22 heavy (non-hydrogen) atoms. The Morgan fingerprint density at radius 3 is 2.64 bits per heavy atom. The smallest absolute Gasteiger partial charge is 0.193 e. The number of allylic oxidation sites excluding steroid dienone is 1. The summed E-state index contributed by atoms with van der Waals surface area (Å²) in [6.07, 6.45) is 1.68. The van der Waals surface area contributed by atoms with Gasteiger partial charge in [0.25, 0.3) is 0 Å². The number of aryl methyl sites for hydroxylation is 1. The van der Waals surface area contributed by atoms with Crippen LogP contribution in [0.2, 0.25) is 5.02 Å². The number of halogens is 1. The lowest BCUT2D eigenvalue weighted by atomic mass is 9.90. The van der Waals surface area contributed by atoms with E-state index in [9.17, 15) is 10.1 Å². The predicted octanol–water partition coefficient (Wildman–Crippen LogP) is 4.23. The monoisotopic (exact) mass is 308 g/mol. The molecule has 3 nitrogen and oxygen atoms in total. The average Bonchev–Trinajstić information content (AvgIpc) is 2.53. The van der Waals surface area contributed by atoms with Gasteiger partial charge in [0.15, 0.2) is 5.78 Å². The zero-order valence-electron chi connectivity index (χ0n) is 11.9. The van der Waals surface area contributed by atoms with Crippen molar-refractivity contribution in [3.63, 3.8) is 0 Å².